The third-order valence-electron chi connectivity index (χ3n) is 3.81. The van der Waals surface area contributed by atoms with Gasteiger partial charge in [-0.2, -0.15) is 0 Å². The average Bonchev–Trinajstić information content (AvgIpc) is 2.86. The number of anilines is 2. The molecule has 2 rings (SSSR count). The second kappa shape index (κ2) is 7.09. The highest BCUT2D eigenvalue weighted by atomic mass is 32.1. The molecule has 1 amide bonds. The molecule has 2 heterocycles. The molecule has 1 aromatic heterocycles. The zero-order chi connectivity index (χ0) is 15.4. The number of amides is 1. The van der Waals surface area contributed by atoms with Crippen LogP contribution in [-0.4, -0.2) is 48.0 Å². The van der Waals surface area contributed by atoms with Crippen LogP contribution in [0.1, 0.15) is 42.8 Å². The lowest BCUT2D eigenvalue weighted by Crippen LogP contribution is -2.39. The molecule has 1 saturated heterocycles. The lowest BCUT2D eigenvalue weighted by Gasteiger charge is -2.29. The summed E-state index contributed by atoms with van der Waals surface area (Å²) in [6, 6.07) is 0.278. The molecule has 0 spiro atoms. The first-order chi connectivity index (χ1) is 10.1. The molecule has 1 aromatic rings. The number of hydrogen-bond donors (Lipinski definition) is 2. The second-order valence-electron chi connectivity index (χ2n) is 5.42. The Kier molecular flexibility index (Phi) is 5.41. The lowest BCUT2D eigenvalue weighted by atomic mass is 10.1. The number of nitrogens with zero attached hydrogens (tertiary/aromatic N) is 3. The van der Waals surface area contributed by atoms with Crippen LogP contribution in [0.2, 0.25) is 0 Å². The van der Waals surface area contributed by atoms with Crippen LogP contribution in [0.5, 0.6) is 0 Å². The minimum atomic E-state index is -0.00527. The molecule has 4 N–H and O–H groups in total. The third kappa shape index (κ3) is 3.65. The van der Waals surface area contributed by atoms with Gasteiger partial charge in [0.2, 0.25) is 0 Å². The molecular formula is C14H25N5OS. The normalized spacial score (nSPS) is 16.2. The van der Waals surface area contributed by atoms with Crippen molar-refractivity contribution >= 4 is 28.2 Å². The summed E-state index contributed by atoms with van der Waals surface area (Å²) in [4.78, 5) is 21.5. The molecule has 0 unspecified atom stereocenters. The van der Waals surface area contributed by atoms with Gasteiger partial charge in [0.05, 0.1) is 0 Å². The van der Waals surface area contributed by atoms with Gasteiger partial charge in [0.1, 0.15) is 10.7 Å². The molecule has 0 atom stereocenters. The average molecular weight is 311 g/mol. The molecule has 7 heteroatoms. The quantitative estimate of drug-likeness (QED) is 0.861. The van der Waals surface area contributed by atoms with Crippen molar-refractivity contribution in [3.05, 3.63) is 4.88 Å². The second-order valence-corrected chi connectivity index (χ2v) is 6.40. The zero-order valence-corrected chi connectivity index (χ0v) is 13.7. The maximum absolute atomic E-state index is 12.5. The van der Waals surface area contributed by atoms with Gasteiger partial charge < -0.3 is 21.3 Å². The van der Waals surface area contributed by atoms with Crippen LogP contribution >= 0.6 is 11.3 Å². The minimum absolute atomic E-state index is 0.00527. The summed E-state index contributed by atoms with van der Waals surface area (Å²) in [5.74, 6) is 0.346. The van der Waals surface area contributed by atoms with E-state index in [1.165, 1.54) is 11.3 Å². The molecule has 0 aromatic carbocycles. The van der Waals surface area contributed by atoms with Gasteiger partial charge in [0.15, 0.2) is 5.13 Å². The van der Waals surface area contributed by atoms with Gasteiger partial charge in [-0.15, -0.1) is 0 Å². The van der Waals surface area contributed by atoms with E-state index in [0.29, 0.717) is 17.2 Å². The maximum atomic E-state index is 12.5. The fourth-order valence-corrected chi connectivity index (χ4v) is 3.52. The molecule has 1 aliphatic heterocycles. The Morgan fingerprint density at radius 3 is 2.67 bits per heavy atom. The Morgan fingerprint density at radius 1 is 1.43 bits per heavy atom. The summed E-state index contributed by atoms with van der Waals surface area (Å²) in [7, 11) is 0. The number of nitrogens with two attached hydrogens (primary N) is 2. The highest BCUT2D eigenvalue weighted by Gasteiger charge is 2.24. The fourth-order valence-electron chi connectivity index (χ4n) is 2.52. The van der Waals surface area contributed by atoms with Gasteiger partial charge in [-0.1, -0.05) is 18.3 Å². The van der Waals surface area contributed by atoms with Crippen molar-refractivity contribution in [1.29, 1.82) is 0 Å². The molecule has 21 heavy (non-hydrogen) atoms. The number of rotatable bonds is 5. The largest absolute Gasteiger partial charge is 0.382 e. The molecule has 6 nitrogen and oxygen atoms in total. The molecule has 0 bridgehead atoms. The van der Waals surface area contributed by atoms with E-state index in [2.05, 4.69) is 16.8 Å². The number of carbonyl (C=O) groups excluding carboxylic acids is 1. The highest BCUT2D eigenvalue weighted by molar-refractivity contribution is 7.18. The standard InChI is InChI=1S/C14H25N5OS/c1-3-7-18(4-2)13(20)11-12(16)17-14(21-11)19-8-5-10(15)6-9-19/h10H,3-9,15-16H2,1-2H3. The van der Waals surface area contributed by atoms with Crippen molar-refractivity contribution in [3.8, 4) is 0 Å². The number of hydrogen-bond acceptors (Lipinski definition) is 6. The van der Waals surface area contributed by atoms with E-state index in [9.17, 15) is 4.79 Å². The van der Waals surface area contributed by atoms with Crippen LogP contribution in [0.15, 0.2) is 0 Å². The van der Waals surface area contributed by atoms with Crippen LogP contribution < -0.4 is 16.4 Å². The molecule has 0 aliphatic carbocycles. The summed E-state index contributed by atoms with van der Waals surface area (Å²) in [5, 5.41) is 0.843. The fraction of sp³-hybridized carbons (Fsp3) is 0.714. The van der Waals surface area contributed by atoms with Crippen molar-refractivity contribution < 1.29 is 4.79 Å². The summed E-state index contributed by atoms with van der Waals surface area (Å²) < 4.78 is 0. The first kappa shape index (κ1) is 16.0. The van der Waals surface area contributed by atoms with Crippen LogP contribution in [0.4, 0.5) is 10.9 Å². The monoisotopic (exact) mass is 311 g/mol. The van der Waals surface area contributed by atoms with Gasteiger partial charge in [-0.3, -0.25) is 4.79 Å². The smallest absolute Gasteiger partial charge is 0.267 e. The lowest BCUT2D eigenvalue weighted by molar-refractivity contribution is 0.0770. The van der Waals surface area contributed by atoms with E-state index < -0.39 is 0 Å². The van der Waals surface area contributed by atoms with E-state index in [0.717, 1.165) is 44.0 Å². The van der Waals surface area contributed by atoms with E-state index >= 15 is 0 Å². The van der Waals surface area contributed by atoms with Gasteiger partial charge >= 0.3 is 0 Å². The Bertz CT molecular complexity index is 482. The number of nitrogen functional groups attached to an aromatic ring is 1. The predicted molar refractivity (Wildman–Crippen MR) is 87.8 cm³/mol. The topological polar surface area (TPSA) is 88.5 Å². The van der Waals surface area contributed by atoms with Crippen molar-refractivity contribution in [3.63, 3.8) is 0 Å². The SMILES string of the molecule is CCCN(CC)C(=O)c1sc(N2CCC(N)CC2)nc1N. The van der Waals surface area contributed by atoms with Gasteiger partial charge in [-0.25, -0.2) is 4.98 Å². The van der Waals surface area contributed by atoms with Gasteiger partial charge in [0.25, 0.3) is 5.91 Å². The summed E-state index contributed by atoms with van der Waals surface area (Å²) in [6.45, 7) is 7.26. The summed E-state index contributed by atoms with van der Waals surface area (Å²) >= 11 is 1.40. The molecule has 0 radical (unpaired) electrons. The first-order valence-electron chi connectivity index (χ1n) is 7.62. The molecular weight excluding hydrogens is 286 g/mol. The summed E-state index contributed by atoms with van der Waals surface area (Å²) in [5.41, 5.74) is 11.9. The van der Waals surface area contributed by atoms with E-state index in [1.807, 2.05) is 11.8 Å². The Labute approximate surface area is 130 Å². The molecule has 118 valence electrons. The first-order valence-corrected chi connectivity index (χ1v) is 8.44. The van der Waals surface area contributed by atoms with Crippen LogP contribution in [0.3, 0.4) is 0 Å². The predicted octanol–water partition coefficient (Wildman–Crippen LogP) is 1.52. The molecule has 0 saturated carbocycles. The van der Waals surface area contributed by atoms with Crippen molar-refractivity contribution in [2.75, 3.05) is 36.8 Å². The molecule has 1 aliphatic rings. The van der Waals surface area contributed by atoms with E-state index in [1.54, 1.807) is 0 Å². The number of aromatic nitrogens is 1. The number of piperidine rings is 1. The number of carbonyl (C=O) groups is 1. The maximum Gasteiger partial charge on any atom is 0.267 e. The molecule has 1 fully saturated rings. The Balaban J connectivity index is 2.13. The van der Waals surface area contributed by atoms with Crippen molar-refractivity contribution in [2.45, 2.75) is 39.2 Å². The van der Waals surface area contributed by atoms with Crippen molar-refractivity contribution in [1.82, 2.24) is 9.88 Å². The summed E-state index contributed by atoms with van der Waals surface area (Å²) in [6.07, 6.45) is 2.86. The van der Waals surface area contributed by atoms with Gasteiger partial charge in [0, 0.05) is 32.2 Å². The number of thiazole rings is 1. The van der Waals surface area contributed by atoms with Crippen molar-refractivity contribution in [2.24, 2.45) is 5.73 Å². The van der Waals surface area contributed by atoms with Gasteiger partial charge in [-0.05, 0) is 26.2 Å². The Hall–Kier alpha value is -1.34. The minimum Gasteiger partial charge on any atom is -0.382 e. The van der Waals surface area contributed by atoms with E-state index in [-0.39, 0.29) is 11.9 Å². The van der Waals surface area contributed by atoms with Crippen LogP contribution in [0, 0.1) is 0 Å². The third-order valence-corrected chi connectivity index (χ3v) is 4.93. The van der Waals surface area contributed by atoms with Crippen LogP contribution in [0.25, 0.3) is 0 Å². The van der Waals surface area contributed by atoms with E-state index in [4.69, 9.17) is 11.5 Å². The Morgan fingerprint density at radius 2 is 2.10 bits per heavy atom. The zero-order valence-electron chi connectivity index (χ0n) is 12.8. The van der Waals surface area contributed by atoms with Crippen LogP contribution in [-0.2, 0) is 0 Å². The highest BCUT2D eigenvalue weighted by Crippen LogP contribution is 2.30.